The molecule has 7 heteroatoms. The molecule has 0 aliphatic carbocycles. The van der Waals surface area contributed by atoms with Crippen LogP contribution in [0.15, 0.2) is 23.4 Å². The topological polar surface area (TPSA) is 78.9 Å². The lowest BCUT2D eigenvalue weighted by atomic mass is 10.1. The average Bonchev–Trinajstić information content (AvgIpc) is 2.37. The van der Waals surface area contributed by atoms with Crippen molar-refractivity contribution in [3.05, 3.63) is 33.1 Å². The van der Waals surface area contributed by atoms with Crippen molar-refractivity contribution < 1.29 is 14.4 Å². The van der Waals surface area contributed by atoms with Crippen molar-refractivity contribution in [3.63, 3.8) is 0 Å². The monoisotopic (exact) mass is 393 g/mol. The van der Waals surface area contributed by atoms with E-state index in [0.29, 0.717) is 15.7 Å². The Morgan fingerprint density at radius 3 is 2.70 bits per heavy atom. The summed E-state index contributed by atoms with van der Waals surface area (Å²) >= 11 is 1.93. The lowest BCUT2D eigenvalue weighted by molar-refractivity contribution is 0.0710. The number of hydrogen-bond acceptors (Lipinski definition) is 3. The van der Waals surface area contributed by atoms with Crippen LogP contribution in [0.4, 0.5) is 4.39 Å². The van der Waals surface area contributed by atoms with E-state index in [1.807, 2.05) is 36.4 Å². The summed E-state index contributed by atoms with van der Waals surface area (Å²) in [6.45, 7) is 4.08. The third kappa shape index (κ3) is 4.32. The first kappa shape index (κ1) is 16.7. The first-order chi connectivity index (χ1) is 9.36. The van der Waals surface area contributed by atoms with Gasteiger partial charge < -0.3 is 15.8 Å². The molecule has 0 atom stereocenters. The highest BCUT2D eigenvalue weighted by atomic mass is 127. The zero-order chi connectivity index (χ0) is 15.3. The molecule has 0 radical (unpaired) electrons. The number of rotatable bonds is 5. The quantitative estimate of drug-likeness (QED) is 0.265. The predicted molar refractivity (Wildman–Crippen MR) is 83.3 cm³/mol. The molecule has 0 aromatic heterocycles. The van der Waals surface area contributed by atoms with Gasteiger partial charge in [0.15, 0.2) is 0 Å². The molecule has 3 N–H and O–H groups in total. The fourth-order valence-electron chi connectivity index (χ4n) is 1.70. The van der Waals surface area contributed by atoms with Gasteiger partial charge in [-0.2, -0.15) is 0 Å². The Hall–Kier alpha value is -1.38. The second kappa shape index (κ2) is 7.41. The molecule has 0 heterocycles. The summed E-state index contributed by atoms with van der Waals surface area (Å²) in [5.41, 5.74) is 5.87. The van der Waals surface area contributed by atoms with Gasteiger partial charge in [-0.05, 0) is 54.6 Å². The van der Waals surface area contributed by atoms with Gasteiger partial charge in [0.1, 0.15) is 11.7 Å². The Balaban J connectivity index is 2.94. The van der Waals surface area contributed by atoms with Crippen molar-refractivity contribution in [2.75, 3.05) is 6.54 Å². The molecule has 5 nitrogen and oxygen atoms in total. The van der Waals surface area contributed by atoms with Crippen molar-refractivity contribution in [2.24, 2.45) is 10.9 Å². The van der Waals surface area contributed by atoms with Crippen LogP contribution in [0, 0.1) is 9.39 Å². The third-order valence-electron chi connectivity index (χ3n) is 2.78. The number of amidine groups is 1. The number of carbonyl (C=O) groups excluding carboxylic acids is 1. The molecule has 0 spiro atoms. The molecule has 0 saturated carbocycles. The van der Waals surface area contributed by atoms with E-state index in [0.717, 1.165) is 0 Å². The van der Waals surface area contributed by atoms with Crippen LogP contribution in [0.5, 0.6) is 0 Å². The van der Waals surface area contributed by atoms with Crippen molar-refractivity contribution in [3.8, 4) is 0 Å². The highest BCUT2D eigenvalue weighted by Gasteiger charge is 2.21. The minimum atomic E-state index is -0.376. The average molecular weight is 393 g/mol. The Morgan fingerprint density at radius 1 is 1.55 bits per heavy atom. The molecule has 0 unspecified atom stereocenters. The van der Waals surface area contributed by atoms with Gasteiger partial charge in [0, 0.05) is 22.6 Å². The van der Waals surface area contributed by atoms with E-state index in [9.17, 15) is 9.18 Å². The molecule has 110 valence electrons. The Kier molecular flexibility index (Phi) is 6.18. The van der Waals surface area contributed by atoms with Crippen molar-refractivity contribution >= 4 is 34.3 Å². The molecule has 1 rings (SSSR count). The van der Waals surface area contributed by atoms with Gasteiger partial charge in [0.25, 0.3) is 5.91 Å². The van der Waals surface area contributed by atoms with E-state index in [-0.39, 0.29) is 30.0 Å². The number of oxime groups is 1. The summed E-state index contributed by atoms with van der Waals surface area (Å²) in [4.78, 5) is 14.1. The van der Waals surface area contributed by atoms with Crippen LogP contribution < -0.4 is 5.73 Å². The third-order valence-corrected chi connectivity index (χ3v) is 3.68. The van der Waals surface area contributed by atoms with E-state index in [1.165, 1.54) is 18.2 Å². The van der Waals surface area contributed by atoms with Crippen LogP contribution in [0.25, 0.3) is 0 Å². The number of nitrogens with zero attached hydrogens (tertiary/aromatic N) is 2. The van der Waals surface area contributed by atoms with Crippen molar-refractivity contribution in [1.82, 2.24) is 4.90 Å². The lowest BCUT2D eigenvalue weighted by Crippen LogP contribution is -2.39. The molecule has 0 saturated heterocycles. The van der Waals surface area contributed by atoms with Gasteiger partial charge in [-0.15, -0.1) is 0 Å². The van der Waals surface area contributed by atoms with Crippen LogP contribution in [-0.2, 0) is 0 Å². The number of halogens is 2. The van der Waals surface area contributed by atoms with Crippen LogP contribution in [-0.4, -0.2) is 34.4 Å². The van der Waals surface area contributed by atoms with Crippen LogP contribution in [0.3, 0.4) is 0 Å². The molecule has 0 bridgehead atoms. The predicted octanol–water partition coefficient (Wildman–Crippen LogP) is 2.42. The van der Waals surface area contributed by atoms with Gasteiger partial charge in [-0.1, -0.05) is 5.16 Å². The minimum Gasteiger partial charge on any atom is -0.409 e. The molecule has 20 heavy (non-hydrogen) atoms. The smallest absolute Gasteiger partial charge is 0.255 e. The second-order valence-corrected chi connectivity index (χ2v) is 5.72. The van der Waals surface area contributed by atoms with E-state index in [4.69, 9.17) is 10.9 Å². The molecule has 1 aromatic rings. The Bertz CT molecular complexity index is 520. The van der Waals surface area contributed by atoms with Crippen LogP contribution >= 0.6 is 22.6 Å². The van der Waals surface area contributed by atoms with Gasteiger partial charge in [0.05, 0.1) is 5.56 Å². The zero-order valence-corrected chi connectivity index (χ0v) is 13.5. The summed E-state index contributed by atoms with van der Waals surface area (Å²) in [5.74, 6) is -0.508. The van der Waals surface area contributed by atoms with Crippen LogP contribution in [0.1, 0.15) is 30.6 Å². The summed E-state index contributed by atoms with van der Waals surface area (Å²) in [7, 11) is 0. The summed E-state index contributed by atoms with van der Waals surface area (Å²) in [6.07, 6.45) is 0.276. The molecule has 1 aromatic carbocycles. The summed E-state index contributed by atoms with van der Waals surface area (Å²) < 4.78 is 13.6. The standard InChI is InChI=1S/C13H17FIN3O2/c1-8(2)18(6-5-12(16)17-20)13(19)10-4-3-9(14)7-11(10)15/h3-4,7-8,20H,5-6H2,1-2H3,(H2,16,17). The molecule has 0 aliphatic rings. The zero-order valence-electron chi connectivity index (χ0n) is 11.3. The SMILES string of the molecule is CC(C)N(CC/C(N)=N/O)C(=O)c1ccc(F)cc1I. The lowest BCUT2D eigenvalue weighted by Gasteiger charge is -2.27. The second-order valence-electron chi connectivity index (χ2n) is 4.56. The molecule has 0 fully saturated rings. The van der Waals surface area contributed by atoms with Gasteiger partial charge in [-0.3, -0.25) is 4.79 Å². The number of amides is 1. The maximum atomic E-state index is 13.1. The fraction of sp³-hybridized carbons (Fsp3) is 0.385. The summed E-state index contributed by atoms with van der Waals surface area (Å²) in [5, 5.41) is 11.4. The van der Waals surface area contributed by atoms with Crippen molar-refractivity contribution in [2.45, 2.75) is 26.3 Å². The maximum absolute atomic E-state index is 13.1. The molecule has 0 aliphatic heterocycles. The minimum absolute atomic E-state index is 0.0464. The Morgan fingerprint density at radius 2 is 2.20 bits per heavy atom. The fourth-order valence-corrected chi connectivity index (χ4v) is 2.40. The number of carbonyl (C=O) groups is 1. The van der Waals surface area contributed by atoms with Crippen molar-refractivity contribution in [1.29, 1.82) is 0 Å². The van der Waals surface area contributed by atoms with Gasteiger partial charge in [0.2, 0.25) is 0 Å². The van der Waals surface area contributed by atoms with Gasteiger partial charge in [-0.25, -0.2) is 4.39 Å². The molecular weight excluding hydrogens is 376 g/mol. The van der Waals surface area contributed by atoms with E-state index >= 15 is 0 Å². The highest BCUT2D eigenvalue weighted by molar-refractivity contribution is 14.1. The molecule has 1 amide bonds. The number of hydrogen-bond donors (Lipinski definition) is 2. The van der Waals surface area contributed by atoms with E-state index in [2.05, 4.69) is 5.16 Å². The highest BCUT2D eigenvalue weighted by Crippen LogP contribution is 2.17. The largest absolute Gasteiger partial charge is 0.409 e. The number of benzene rings is 1. The maximum Gasteiger partial charge on any atom is 0.255 e. The van der Waals surface area contributed by atoms with Crippen LogP contribution in [0.2, 0.25) is 0 Å². The van der Waals surface area contributed by atoms with Gasteiger partial charge >= 0.3 is 0 Å². The normalized spacial score (nSPS) is 11.8. The van der Waals surface area contributed by atoms with E-state index < -0.39 is 0 Å². The summed E-state index contributed by atoms with van der Waals surface area (Å²) in [6, 6.07) is 4.00. The Labute approximate surface area is 130 Å². The van der Waals surface area contributed by atoms with E-state index in [1.54, 1.807) is 4.90 Å². The number of nitrogens with two attached hydrogens (primary N) is 1. The first-order valence-corrected chi connectivity index (χ1v) is 7.17. The first-order valence-electron chi connectivity index (χ1n) is 6.09. The molecular formula is C13H17FIN3O2.